The van der Waals surface area contributed by atoms with Crippen molar-refractivity contribution in [2.24, 2.45) is 0 Å². The molecular formula is C19H16ClF3N2O3. The summed E-state index contributed by atoms with van der Waals surface area (Å²) < 4.78 is 43.8. The van der Waals surface area contributed by atoms with Crippen LogP contribution in [0.3, 0.4) is 0 Å². The number of halogens is 4. The molecule has 0 aromatic heterocycles. The van der Waals surface area contributed by atoms with Gasteiger partial charge in [-0.25, -0.2) is 0 Å². The van der Waals surface area contributed by atoms with E-state index >= 15 is 0 Å². The summed E-state index contributed by atoms with van der Waals surface area (Å²) in [6, 6.07) is 7.97. The molecule has 0 saturated heterocycles. The predicted octanol–water partition coefficient (Wildman–Crippen LogP) is 4.98. The highest BCUT2D eigenvalue weighted by atomic mass is 35.5. The Morgan fingerprint density at radius 2 is 1.82 bits per heavy atom. The number of carbonyl (C=O) groups is 2. The molecule has 0 spiro atoms. The third kappa shape index (κ3) is 5.75. The minimum absolute atomic E-state index is 0.158. The van der Waals surface area contributed by atoms with Gasteiger partial charge >= 0.3 is 6.18 Å². The highest BCUT2D eigenvalue weighted by Gasteiger charge is 2.33. The molecule has 0 aliphatic heterocycles. The molecule has 0 unspecified atom stereocenters. The van der Waals surface area contributed by atoms with Crippen LogP contribution in [-0.4, -0.2) is 18.9 Å². The lowest BCUT2D eigenvalue weighted by molar-refractivity contribution is -0.137. The van der Waals surface area contributed by atoms with Gasteiger partial charge in [0.25, 0.3) is 0 Å². The van der Waals surface area contributed by atoms with Crippen molar-refractivity contribution in [3.05, 3.63) is 58.6 Å². The predicted molar refractivity (Wildman–Crippen MR) is 101 cm³/mol. The Morgan fingerprint density at radius 1 is 1.11 bits per heavy atom. The monoisotopic (exact) mass is 412 g/mol. The smallest absolute Gasteiger partial charge is 0.417 e. The maximum absolute atomic E-state index is 12.9. The third-order valence-corrected chi connectivity index (χ3v) is 3.83. The topological polar surface area (TPSA) is 67.4 Å². The normalized spacial score (nSPS) is 11.4. The third-order valence-electron chi connectivity index (χ3n) is 3.50. The molecule has 5 nitrogen and oxygen atoms in total. The summed E-state index contributed by atoms with van der Waals surface area (Å²) in [5.41, 5.74) is -0.0946. The zero-order chi connectivity index (χ0) is 20.9. The second-order valence-electron chi connectivity index (χ2n) is 5.66. The molecule has 9 heteroatoms. The molecule has 2 N–H and O–H groups in total. The largest absolute Gasteiger partial charge is 0.495 e. The molecule has 0 atom stereocenters. The average Bonchev–Trinajstić information content (AvgIpc) is 2.60. The number of benzene rings is 2. The Labute approximate surface area is 164 Å². The second-order valence-corrected chi connectivity index (χ2v) is 6.06. The minimum atomic E-state index is -4.60. The van der Waals surface area contributed by atoms with Crippen molar-refractivity contribution in [3.63, 3.8) is 0 Å². The van der Waals surface area contributed by atoms with Crippen LogP contribution in [0.15, 0.2) is 42.5 Å². The van der Waals surface area contributed by atoms with Crippen molar-refractivity contribution in [1.82, 2.24) is 0 Å². The van der Waals surface area contributed by atoms with E-state index in [0.717, 1.165) is 18.2 Å². The first-order chi connectivity index (χ1) is 13.1. The van der Waals surface area contributed by atoms with Gasteiger partial charge in [0, 0.05) is 18.7 Å². The van der Waals surface area contributed by atoms with Gasteiger partial charge in [0.1, 0.15) is 5.75 Å². The summed E-state index contributed by atoms with van der Waals surface area (Å²) in [7, 11) is 1.41. The second kappa shape index (κ2) is 8.79. The van der Waals surface area contributed by atoms with Gasteiger partial charge in [0.05, 0.1) is 23.4 Å². The Bertz CT molecular complexity index is 927. The summed E-state index contributed by atoms with van der Waals surface area (Å²) in [4.78, 5) is 23.3. The van der Waals surface area contributed by atoms with E-state index in [9.17, 15) is 22.8 Å². The number of ether oxygens (including phenoxy) is 1. The first-order valence-electron chi connectivity index (χ1n) is 7.91. The van der Waals surface area contributed by atoms with Gasteiger partial charge in [-0.3, -0.25) is 9.59 Å². The standard InChI is InChI=1S/C19H16ClF3N2O3/c1-11(26)24-13-5-7-17(28-2)16(10-13)25-18(27)8-4-12-3-6-15(20)14(9-12)19(21,22)23/h3-10H,1-2H3,(H,24,26)(H,25,27)/b8-4+. The molecular weight excluding hydrogens is 397 g/mol. The molecule has 2 aromatic carbocycles. The van der Waals surface area contributed by atoms with Crippen molar-refractivity contribution < 1.29 is 27.5 Å². The van der Waals surface area contributed by atoms with E-state index in [-0.39, 0.29) is 17.2 Å². The molecule has 2 amide bonds. The zero-order valence-corrected chi connectivity index (χ0v) is 15.6. The Hall–Kier alpha value is -3.00. The number of hydrogen-bond acceptors (Lipinski definition) is 3. The highest BCUT2D eigenvalue weighted by molar-refractivity contribution is 6.31. The fourth-order valence-electron chi connectivity index (χ4n) is 2.30. The summed E-state index contributed by atoms with van der Waals surface area (Å²) >= 11 is 5.57. The molecule has 0 aliphatic rings. The van der Waals surface area contributed by atoms with Gasteiger partial charge in [-0.1, -0.05) is 17.7 Å². The van der Waals surface area contributed by atoms with Gasteiger partial charge in [-0.05, 0) is 42.0 Å². The van der Waals surface area contributed by atoms with Gasteiger partial charge in [0.15, 0.2) is 0 Å². The molecule has 0 fully saturated rings. The molecule has 28 heavy (non-hydrogen) atoms. The van der Waals surface area contributed by atoms with E-state index in [0.29, 0.717) is 11.4 Å². The number of nitrogens with one attached hydrogen (secondary N) is 2. The average molecular weight is 413 g/mol. The lowest BCUT2D eigenvalue weighted by Crippen LogP contribution is -2.11. The van der Waals surface area contributed by atoms with Gasteiger partial charge in [0.2, 0.25) is 11.8 Å². The van der Waals surface area contributed by atoms with Crippen LogP contribution in [0.4, 0.5) is 24.5 Å². The maximum Gasteiger partial charge on any atom is 0.417 e. The number of carbonyl (C=O) groups excluding carboxylic acids is 2. The molecule has 0 heterocycles. The van der Waals surface area contributed by atoms with Crippen LogP contribution in [0.25, 0.3) is 6.08 Å². The van der Waals surface area contributed by atoms with Crippen LogP contribution in [0.5, 0.6) is 5.75 Å². The molecule has 2 rings (SSSR count). The van der Waals surface area contributed by atoms with Crippen LogP contribution in [0, 0.1) is 0 Å². The van der Waals surface area contributed by atoms with Crippen LogP contribution in [0.1, 0.15) is 18.1 Å². The number of hydrogen-bond donors (Lipinski definition) is 2. The summed E-state index contributed by atoms with van der Waals surface area (Å²) in [6.45, 7) is 1.34. The van der Waals surface area contributed by atoms with Gasteiger partial charge < -0.3 is 15.4 Å². The fraction of sp³-hybridized carbons (Fsp3) is 0.158. The Morgan fingerprint density at radius 3 is 2.43 bits per heavy atom. The summed E-state index contributed by atoms with van der Waals surface area (Å²) in [5, 5.41) is 4.70. The number of anilines is 2. The fourth-order valence-corrected chi connectivity index (χ4v) is 2.52. The number of alkyl halides is 3. The van der Waals surface area contributed by atoms with E-state index in [4.69, 9.17) is 16.3 Å². The molecule has 2 aromatic rings. The van der Waals surface area contributed by atoms with E-state index in [1.54, 1.807) is 12.1 Å². The molecule has 148 valence electrons. The van der Waals surface area contributed by atoms with E-state index in [1.165, 1.54) is 32.2 Å². The van der Waals surface area contributed by atoms with Crippen LogP contribution in [0.2, 0.25) is 5.02 Å². The lowest BCUT2D eigenvalue weighted by atomic mass is 10.1. The molecule has 0 aliphatic carbocycles. The lowest BCUT2D eigenvalue weighted by Gasteiger charge is -2.11. The quantitative estimate of drug-likeness (QED) is 0.681. The maximum atomic E-state index is 12.9. The zero-order valence-electron chi connectivity index (χ0n) is 14.9. The minimum Gasteiger partial charge on any atom is -0.495 e. The number of rotatable bonds is 5. The van der Waals surface area contributed by atoms with Crippen molar-refractivity contribution in [2.45, 2.75) is 13.1 Å². The molecule has 0 radical (unpaired) electrons. The van der Waals surface area contributed by atoms with Gasteiger partial charge in [-0.2, -0.15) is 13.2 Å². The first-order valence-corrected chi connectivity index (χ1v) is 8.29. The highest BCUT2D eigenvalue weighted by Crippen LogP contribution is 2.35. The van der Waals surface area contributed by atoms with Crippen molar-refractivity contribution in [2.75, 3.05) is 17.7 Å². The van der Waals surface area contributed by atoms with Crippen molar-refractivity contribution >= 4 is 40.9 Å². The summed E-state index contributed by atoms with van der Waals surface area (Å²) in [5.74, 6) is -0.533. The first kappa shape index (κ1) is 21.3. The molecule has 0 bridgehead atoms. The van der Waals surface area contributed by atoms with Crippen molar-refractivity contribution in [1.29, 1.82) is 0 Å². The van der Waals surface area contributed by atoms with Crippen LogP contribution < -0.4 is 15.4 Å². The van der Waals surface area contributed by atoms with E-state index in [2.05, 4.69) is 10.6 Å². The summed E-state index contributed by atoms with van der Waals surface area (Å²) in [6.07, 6.45) is -2.29. The number of methoxy groups -OCH3 is 1. The Balaban J connectivity index is 2.19. The van der Waals surface area contributed by atoms with Gasteiger partial charge in [-0.15, -0.1) is 0 Å². The van der Waals surface area contributed by atoms with E-state index in [1.807, 2.05) is 0 Å². The number of amides is 2. The molecule has 0 saturated carbocycles. The van der Waals surface area contributed by atoms with Crippen LogP contribution in [-0.2, 0) is 15.8 Å². The SMILES string of the molecule is COc1ccc(NC(C)=O)cc1NC(=O)/C=C/c1ccc(Cl)c(C(F)(F)F)c1. The van der Waals surface area contributed by atoms with Crippen LogP contribution >= 0.6 is 11.6 Å². The Kier molecular flexibility index (Phi) is 6.69. The van der Waals surface area contributed by atoms with Crippen molar-refractivity contribution in [3.8, 4) is 5.75 Å². The van der Waals surface area contributed by atoms with E-state index < -0.39 is 22.7 Å².